The molecule has 0 amide bonds. The molecule has 0 radical (unpaired) electrons. The number of aliphatic hydroxyl groups is 1. The van der Waals surface area contributed by atoms with Crippen molar-refractivity contribution >= 4 is 11.8 Å². The Balaban J connectivity index is 0.000000194. The van der Waals surface area contributed by atoms with Gasteiger partial charge in [-0.2, -0.15) is 0 Å². The summed E-state index contributed by atoms with van der Waals surface area (Å²) in [6.07, 6.45) is 2.80. The number of rotatable bonds is 6. The number of likely N-dealkylation sites (tertiary alicyclic amines) is 2. The second-order valence-electron chi connectivity index (χ2n) is 9.04. The molecule has 4 rings (SSSR count). The van der Waals surface area contributed by atoms with Crippen LogP contribution in [0.25, 0.3) is 0 Å². The standard InChI is InChI=1S/C15H21NO3.C12H15NO/c1-19-14(17)11-15(18)7-9-16(10-8-15)12-13-5-3-2-4-6-13;14-12-6-8-13(9-7-12)10-11-4-2-1-3-5-11/h2-6,18H,7-12H2,1H3;1-5H,6-10H2. The molecule has 2 aromatic rings. The molecule has 0 bridgehead atoms. The van der Waals surface area contributed by atoms with E-state index in [-0.39, 0.29) is 12.4 Å². The summed E-state index contributed by atoms with van der Waals surface area (Å²) in [6.45, 7) is 5.34. The van der Waals surface area contributed by atoms with Gasteiger partial charge in [-0.1, -0.05) is 60.7 Å². The van der Waals surface area contributed by atoms with Crippen LogP contribution < -0.4 is 0 Å². The van der Waals surface area contributed by atoms with Crippen molar-refractivity contribution in [3.05, 3.63) is 71.8 Å². The lowest BCUT2D eigenvalue weighted by Crippen LogP contribution is -2.45. The second kappa shape index (κ2) is 12.6. The SMILES string of the molecule is COC(=O)CC1(O)CCN(Cc2ccccc2)CC1.O=C1CCN(Cc2ccccc2)CC1. The van der Waals surface area contributed by atoms with Crippen molar-refractivity contribution < 1.29 is 19.4 Å². The molecule has 0 spiro atoms. The minimum absolute atomic E-state index is 0.0999. The maximum absolute atomic E-state index is 11.3. The molecule has 178 valence electrons. The Bertz CT molecular complexity index is 854. The van der Waals surface area contributed by atoms with Gasteiger partial charge >= 0.3 is 5.97 Å². The minimum atomic E-state index is -0.889. The fourth-order valence-electron chi connectivity index (χ4n) is 4.29. The van der Waals surface area contributed by atoms with Crippen LogP contribution in [0.2, 0.25) is 0 Å². The van der Waals surface area contributed by atoms with E-state index in [1.165, 1.54) is 18.2 Å². The summed E-state index contributed by atoms with van der Waals surface area (Å²) >= 11 is 0. The smallest absolute Gasteiger partial charge is 0.308 e. The summed E-state index contributed by atoms with van der Waals surface area (Å²) in [5, 5.41) is 10.3. The Hall–Kier alpha value is -2.54. The molecule has 2 fully saturated rings. The molecule has 0 saturated carbocycles. The average Bonchev–Trinajstić information content (AvgIpc) is 2.84. The van der Waals surface area contributed by atoms with Crippen LogP contribution in [-0.2, 0) is 27.4 Å². The molecule has 0 aliphatic carbocycles. The first-order valence-corrected chi connectivity index (χ1v) is 11.8. The van der Waals surface area contributed by atoms with E-state index in [1.807, 2.05) is 24.3 Å². The van der Waals surface area contributed by atoms with E-state index in [1.54, 1.807) is 0 Å². The predicted octanol–water partition coefficient (Wildman–Crippen LogP) is 3.43. The molecule has 2 saturated heterocycles. The van der Waals surface area contributed by atoms with Gasteiger partial charge in [-0.15, -0.1) is 0 Å². The number of methoxy groups -OCH3 is 1. The highest BCUT2D eigenvalue weighted by Gasteiger charge is 2.34. The molecule has 1 N–H and O–H groups in total. The van der Waals surface area contributed by atoms with Crippen LogP contribution in [0, 0.1) is 0 Å². The Morgan fingerprint density at radius 1 is 0.848 bits per heavy atom. The van der Waals surface area contributed by atoms with E-state index in [9.17, 15) is 14.7 Å². The van der Waals surface area contributed by atoms with Gasteiger partial charge in [-0.25, -0.2) is 0 Å². The molecule has 0 atom stereocenters. The number of ketones is 1. The number of esters is 1. The summed E-state index contributed by atoms with van der Waals surface area (Å²) in [5.41, 5.74) is 1.73. The Kier molecular flexibility index (Phi) is 9.61. The summed E-state index contributed by atoms with van der Waals surface area (Å²) in [7, 11) is 1.36. The van der Waals surface area contributed by atoms with E-state index in [4.69, 9.17) is 0 Å². The maximum Gasteiger partial charge on any atom is 0.308 e. The van der Waals surface area contributed by atoms with E-state index in [0.29, 0.717) is 18.6 Å². The fraction of sp³-hybridized carbons (Fsp3) is 0.481. The highest BCUT2D eigenvalue weighted by molar-refractivity contribution is 5.79. The van der Waals surface area contributed by atoms with E-state index in [2.05, 4.69) is 50.9 Å². The topological polar surface area (TPSA) is 70.1 Å². The van der Waals surface area contributed by atoms with Crippen molar-refractivity contribution in [1.82, 2.24) is 9.80 Å². The highest BCUT2D eigenvalue weighted by Crippen LogP contribution is 2.26. The number of ether oxygens (including phenoxy) is 1. The normalized spacial score (nSPS) is 18.8. The van der Waals surface area contributed by atoms with Crippen molar-refractivity contribution in [3.8, 4) is 0 Å². The molecule has 0 aromatic heterocycles. The summed E-state index contributed by atoms with van der Waals surface area (Å²) in [6, 6.07) is 20.7. The third-order valence-electron chi connectivity index (χ3n) is 6.40. The number of carbonyl (C=O) groups is 2. The Morgan fingerprint density at radius 2 is 1.30 bits per heavy atom. The molecule has 6 heteroatoms. The van der Waals surface area contributed by atoms with Crippen molar-refractivity contribution in [2.24, 2.45) is 0 Å². The van der Waals surface area contributed by atoms with Crippen LogP contribution in [0.4, 0.5) is 0 Å². The number of hydrogen-bond acceptors (Lipinski definition) is 6. The van der Waals surface area contributed by atoms with Crippen LogP contribution in [0.15, 0.2) is 60.7 Å². The van der Waals surface area contributed by atoms with Crippen LogP contribution in [0.3, 0.4) is 0 Å². The molecule has 2 aromatic carbocycles. The van der Waals surface area contributed by atoms with Crippen molar-refractivity contribution in [2.75, 3.05) is 33.3 Å². The van der Waals surface area contributed by atoms with Gasteiger partial charge in [0, 0.05) is 52.1 Å². The zero-order valence-corrected chi connectivity index (χ0v) is 19.6. The number of hydrogen-bond donors (Lipinski definition) is 1. The van der Waals surface area contributed by atoms with Gasteiger partial charge in [0.15, 0.2) is 0 Å². The third-order valence-corrected chi connectivity index (χ3v) is 6.40. The zero-order chi connectivity index (χ0) is 23.5. The van der Waals surface area contributed by atoms with Crippen LogP contribution in [0.1, 0.15) is 43.2 Å². The molecular weight excluding hydrogens is 416 g/mol. The molecule has 2 aliphatic heterocycles. The highest BCUT2D eigenvalue weighted by atomic mass is 16.5. The first-order valence-electron chi connectivity index (χ1n) is 11.8. The van der Waals surface area contributed by atoms with Crippen LogP contribution in [0.5, 0.6) is 0 Å². The summed E-state index contributed by atoms with van der Waals surface area (Å²) < 4.78 is 4.63. The molecule has 2 aliphatic rings. The number of carbonyl (C=O) groups excluding carboxylic acids is 2. The lowest BCUT2D eigenvalue weighted by atomic mass is 9.88. The number of benzene rings is 2. The molecule has 6 nitrogen and oxygen atoms in total. The van der Waals surface area contributed by atoms with E-state index < -0.39 is 5.60 Å². The number of Topliss-reactive ketones (excluding diaryl/α,β-unsaturated/α-hetero) is 1. The largest absolute Gasteiger partial charge is 0.469 e. The van der Waals surface area contributed by atoms with Crippen molar-refractivity contribution in [2.45, 2.75) is 50.8 Å². The van der Waals surface area contributed by atoms with Gasteiger partial charge in [-0.3, -0.25) is 19.4 Å². The summed E-state index contributed by atoms with van der Waals surface area (Å²) in [5.74, 6) is 0.0771. The van der Waals surface area contributed by atoms with Gasteiger partial charge in [-0.05, 0) is 24.0 Å². The lowest BCUT2D eigenvalue weighted by Gasteiger charge is -2.37. The quantitative estimate of drug-likeness (QED) is 0.678. The molecule has 0 unspecified atom stereocenters. The zero-order valence-electron chi connectivity index (χ0n) is 19.6. The van der Waals surface area contributed by atoms with Gasteiger partial charge in [0.05, 0.1) is 19.1 Å². The number of nitrogens with zero attached hydrogens (tertiary/aromatic N) is 2. The van der Waals surface area contributed by atoms with E-state index >= 15 is 0 Å². The first kappa shape index (κ1) is 25.1. The molecule has 33 heavy (non-hydrogen) atoms. The maximum atomic E-state index is 11.3. The Morgan fingerprint density at radius 3 is 1.76 bits per heavy atom. The summed E-state index contributed by atoms with van der Waals surface area (Å²) in [4.78, 5) is 26.9. The predicted molar refractivity (Wildman–Crippen MR) is 128 cm³/mol. The third kappa shape index (κ3) is 8.72. The van der Waals surface area contributed by atoms with Crippen molar-refractivity contribution in [3.63, 3.8) is 0 Å². The average molecular weight is 453 g/mol. The Labute approximate surface area is 197 Å². The van der Waals surface area contributed by atoms with Gasteiger partial charge in [0.2, 0.25) is 0 Å². The van der Waals surface area contributed by atoms with Crippen LogP contribution >= 0.6 is 0 Å². The second-order valence-corrected chi connectivity index (χ2v) is 9.04. The lowest BCUT2D eigenvalue weighted by molar-refractivity contribution is -0.148. The van der Waals surface area contributed by atoms with Gasteiger partial charge in [0.25, 0.3) is 0 Å². The fourth-order valence-corrected chi connectivity index (χ4v) is 4.29. The van der Waals surface area contributed by atoms with Crippen molar-refractivity contribution in [1.29, 1.82) is 0 Å². The molecular formula is C27H36N2O4. The number of piperidine rings is 2. The first-order chi connectivity index (χ1) is 16.0. The molecule has 2 heterocycles. The monoisotopic (exact) mass is 452 g/mol. The minimum Gasteiger partial charge on any atom is -0.469 e. The van der Waals surface area contributed by atoms with E-state index in [0.717, 1.165) is 52.1 Å². The van der Waals surface area contributed by atoms with Crippen LogP contribution in [-0.4, -0.2) is 65.5 Å². The van der Waals surface area contributed by atoms with Gasteiger partial charge in [0.1, 0.15) is 5.78 Å². The van der Waals surface area contributed by atoms with Gasteiger partial charge < -0.3 is 9.84 Å².